The van der Waals surface area contributed by atoms with E-state index in [4.69, 9.17) is 19.2 Å². The number of nitrogens with zero attached hydrogens (tertiary/aromatic N) is 2. The average Bonchev–Trinajstić information content (AvgIpc) is 2.84. The van der Waals surface area contributed by atoms with Crippen LogP contribution in [0.1, 0.15) is 25.3 Å². The van der Waals surface area contributed by atoms with Gasteiger partial charge in [-0.1, -0.05) is 12.1 Å². The molecule has 8 heteroatoms. The van der Waals surface area contributed by atoms with Crippen LogP contribution in [0.2, 0.25) is 0 Å². The zero-order valence-corrected chi connectivity index (χ0v) is 22.4. The Morgan fingerprint density at radius 3 is 2.09 bits per heavy atom. The highest BCUT2D eigenvalue weighted by Crippen LogP contribution is 2.30. The number of benzene rings is 2. The van der Waals surface area contributed by atoms with E-state index in [1.807, 2.05) is 18.2 Å². The number of piperidine rings is 1. The summed E-state index contributed by atoms with van der Waals surface area (Å²) in [6, 6.07) is 14.6. The molecule has 0 radical (unpaired) electrons. The third-order valence-electron chi connectivity index (χ3n) is 5.71. The van der Waals surface area contributed by atoms with Crippen LogP contribution in [-0.4, -0.2) is 59.5 Å². The minimum Gasteiger partial charge on any atom is -0.497 e. The molecule has 0 amide bonds. The molecule has 1 aliphatic heterocycles. The molecule has 33 heavy (non-hydrogen) atoms. The lowest BCUT2D eigenvalue weighted by molar-refractivity contribution is 0.393. The maximum absolute atomic E-state index is 5.42. The van der Waals surface area contributed by atoms with Crippen LogP contribution in [0.15, 0.2) is 47.5 Å². The molecule has 1 saturated heterocycles. The van der Waals surface area contributed by atoms with Crippen molar-refractivity contribution < 1.29 is 14.2 Å². The summed E-state index contributed by atoms with van der Waals surface area (Å²) in [5, 5.41) is 7.00. The highest BCUT2D eigenvalue weighted by molar-refractivity contribution is 14.0. The third kappa shape index (κ3) is 8.17. The van der Waals surface area contributed by atoms with Crippen LogP contribution in [0.25, 0.3) is 0 Å². The van der Waals surface area contributed by atoms with Crippen molar-refractivity contribution in [3.8, 4) is 17.2 Å². The molecule has 0 atom stereocenters. The fourth-order valence-electron chi connectivity index (χ4n) is 3.86. The number of anilines is 1. The van der Waals surface area contributed by atoms with Crippen LogP contribution in [0.4, 0.5) is 5.69 Å². The smallest absolute Gasteiger partial charge is 0.191 e. The third-order valence-corrected chi connectivity index (χ3v) is 5.71. The Morgan fingerprint density at radius 2 is 1.55 bits per heavy atom. The summed E-state index contributed by atoms with van der Waals surface area (Å²) < 4.78 is 16.1. The molecule has 0 unspecified atom stereocenters. The molecule has 1 aliphatic rings. The monoisotopic (exact) mass is 568 g/mol. The highest BCUT2D eigenvalue weighted by Gasteiger charge is 2.21. The van der Waals surface area contributed by atoms with Crippen molar-refractivity contribution in [2.45, 2.75) is 32.2 Å². The van der Waals surface area contributed by atoms with Crippen LogP contribution in [0.5, 0.6) is 17.2 Å². The summed E-state index contributed by atoms with van der Waals surface area (Å²) in [4.78, 5) is 7.17. The molecular formula is C25H37IN4O3. The van der Waals surface area contributed by atoms with Gasteiger partial charge < -0.3 is 29.7 Å². The van der Waals surface area contributed by atoms with Crippen molar-refractivity contribution in [2.24, 2.45) is 4.99 Å². The second-order valence-electron chi connectivity index (χ2n) is 7.84. The van der Waals surface area contributed by atoms with Crippen molar-refractivity contribution in [1.82, 2.24) is 10.6 Å². The standard InChI is InChI=1S/C25H36N4O3.HI/c1-5-26-25(27-13-10-19-6-8-22(30-2)9-7-19)28-20-11-14-29(15-12-20)21-16-23(31-3)18-24(17-21)32-4;/h6-9,16-18,20H,5,10-15H2,1-4H3,(H2,26,27,28);1H. The highest BCUT2D eigenvalue weighted by atomic mass is 127. The topological polar surface area (TPSA) is 67.4 Å². The van der Waals surface area contributed by atoms with Gasteiger partial charge in [-0.2, -0.15) is 0 Å². The number of nitrogens with one attached hydrogen (secondary N) is 2. The Labute approximate surface area is 214 Å². The summed E-state index contributed by atoms with van der Waals surface area (Å²) in [7, 11) is 5.06. The minimum atomic E-state index is 0. The zero-order chi connectivity index (χ0) is 22.8. The van der Waals surface area contributed by atoms with Crippen molar-refractivity contribution in [3.05, 3.63) is 48.0 Å². The minimum absolute atomic E-state index is 0. The molecule has 1 heterocycles. The van der Waals surface area contributed by atoms with Gasteiger partial charge in [-0.05, 0) is 43.9 Å². The lowest BCUT2D eigenvalue weighted by Gasteiger charge is -2.34. The van der Waals surface area contributed by atoms with Crippen molar-refractivity contribution >= 4 is 35.6 Å². The zero-order valence-electron chi connectivity index (χ0n) is 20.1. The molecule has 0 bridgehead atoms. The molecule has 7 nitrogen and oxygen atoms in total. The number of halogens is 1. The summed E-state index contributed by atoms with van der Waals surface area (Å²) in [5.74, 6) is 3.41. The molecule has 3 rings (SSSR count). The van der Waals surface area contributed by atoms with Crippen LogP contribution in [0.3, 0.4) is 0 Å². The first-order chi connectivity index (χ1) is 15.6. The Bertz CT molecular complexity index is 846. The van der Waals surface area contributed by atoms with E-state index >= 15 is 0 Å². The predicted molar refractivity (Wildman–Crippen MR) is 146 cm³/mol. The van der Waals surface area contributed by atoms with Crippen LogP contribution < -0.4 is 29.7 Å². The van der Waals surface area contributed by atoms with E-state index in [0.717, 1.165) is 74.3 Å². The van der Waals surface area contributed by atoms with Crippen molar-refractivity contribution in [3.63, 3.8) is 0 Å². The number of ether oxygens (including phenoxy) is 3. The number of methoxy groups -OCH3 is 3. The molecule has 2 N–H and O–H groups in total. The van der Waals surface area contributed by atoms with Crippen molar-refractivity contribution in [1.29, 1.82) is 0 Å². The maximum atomic E-state index is 5.42. The number of rotatable bonds is 9. The maximum Gasteiger partial charge on any atom is 0.191 e. The lowest BCUT2D eigenvalue weighted by Crippen LogP contribution is -2.48. The molecule has 0 aliphatic carbocycles. The SMILES string of the molecule is CCNC(=NCCc1ccc(OC)cc1)NC1CCN(c2cc(OC)cc(OC)c2)CC1.I. The number of hydrogen-bond acceptors (Lipinski definition) is 5. The molecule has 2 aromatic rings. The summed E-state index contributed by atoms with van der Waals surface area (Å²) in [5.41, 5.74) is 2.40. The van der Waals surface area contributed by atoms with Gasteiger partial charge in [0.2, 0.25) is 0 Å². The predicted octanol–water partition coefficient (Wildman–Crippen LogP) is 4.10. The van der Waals surface area contributed by atoms with E-state index in [-0.39, 0.29) is 24.0 Å². The van der Waals surface area contributed by atoms with Gasteiger partial charge in [0.1, 0.15) is 17.2 Å². The molecule has 1 fully saturated rings. The number of hydrogen-bond donors (Lipinski definition) is 2. The van der Waals surface area contributed by atoms with E-state index in [0.29, 0.717) is 6.04 Å². The van der Waals surface area contributed by atoms with E-state index in [1.165, 1.54) is 5.56 Å². The van der Waals surface area contributed by atoms with Gasteiger partial charge in [0.15, 0.2) is 5.96 Å². The average molecular weight is 569 g/mol. The van der Waals surface area contributed by atoms with E-state index in [2.05, 4.69) is 46.7 Å². The second-order valence-corrected chi connectivity index (χ2v) is 7.84. The fourth-order valence-corrected chi connectivity index (χ4v) is 3.86. The van der Waals surface area contributed by atoms with E-state index < -0.39 is 0 Å². The summed E-state index contributed by atoms with van der Waals surface area (Å²) in [6.45, 7) is 5.62. The first-order valence-corrected chi connectivity index (χ1v) is 11.3. The quantitative estimate of drug-likeness (QED) is 0.270. The van der Waals surface area contributed by atoms with Gasteiger partial charge in [0, 0.05) is 56.1 Å². The van der Waals surface area contributed by atoms with Gasteiger partial charge in [-0.25, -0.2) is 0 Å². The first kappa shape index (κ1) is 26.9. The molecule has 182 valence electrons. The summed E-state index contributed by atoms with van der Waals surface area (Å²) in [6.07, 6.45) is 2.99. The molecule has 2 aromatic carbocycles. The van der Waals surface area contributed by atoms with Gasteiger partial charge in [0.05, 0.1) is 21.3 Å². The van der Waals surface area contributed by atoms with E-state index in [1.54, 1.807) is 21.3 Å². The van der Waals surface area contributed by atoms with Gasteiger partial charge >= 0.3 is 0 Å². The molecular weight excluding hydrogens is 531 g/mol. The van der Waals surface area contributed by atoms with Crippen molar-refractivity contribution in [2.75, 3.05) is 52.4 Å². The van der Waals surface area contributed by atoms with Crippen LogP contribution in [-0.2, 0) is 6.42 Å². The number of aliphatic imine (C=N–C) groups is 1. The second kappa shape index (κ2) is 14.0. The van der Waals surface area contributed by atoms with Gasteiger partial charge in [-0.3, -0.25) is 4.99 Å². The molecule has 0 spiro atoms. The number of guanidine groups is 1. The van der Waals surface area contributed by atoms with Crippen LogP contribution >= 0.6 is 24.0 Å². The van der Waals surface area contributed by atoms with Gasteiger partial charge in [-0.15, -0.1) is 24.0 Å². The lowest BCUT2D eigenvalue weighted by atomic mass is 10.0. The van der Waals surface area contributed by atoms with Gasteiger partial charge in [0.25, 0.3) is 0 Å². The Morgan fingerprint density at radius 1 is 0.939 bits per heavy atom. The first-order valence-electron chi connectivity index (χ1n) is 11.3. The summed E-state index contributed by atoms with van der Waals surface area (Å²) >= 11 is 0. The van der Waals surface area contributed by atoms with E-state index in [9.17, 15) is 0 Å². The Kier molecular flexibility index (Phi) is 11.4. The Balaban J connectivity index is 0.00000385. The normalized spacial score (nSPS) is 14.3. The largest absolute Gasteiger partial charge is 0.497 e. The van der Waals surface area contributed by atoms with Crippen LogP contribution in [0, 0.1) is 0 Å². The molecule has 0 aromatic heterocycles. The fraction of sp³-hybridized carbons (Fsp3) is 0.480. The molecule has 0 saturated carbocycles. The Hall–Kier alpha value is -2.36.